The monoisotopic (exact) mass is 350 g/mol. The molecule has 1 amide bonds. The number of hydrogen-bond acceptors (Lipinski definition) is 2. The lowest BCUT2D eigenvalue weighted by Crippen LogP contribution is -2.38. The molecule has 0 fully saturated rings. The van der Waals surface area contributed by atoms with E-state index >= 15 is 0 Å². The van der Waals surface area contributed by atoms with Gasteiger partial charge >= 0.3 is 0 Å². The summed E-state index contributed by atoms with van der Waals surface area (Å²) in [6.07, 6.45) is 5.19. The molecule has 1 aromatic rings. The molecular weight excluding hydrogens is 332 g/mol. The summed E-state index contributed by atoms with van der Waals surface area (Å²) in [6, 6.07) is 7.24. The number of benzene rings is 1. The Labute approximate surface area is 133 Å². The molecule has 6 heteroatoms. The first-order valence-corrected chi connectivity index (χ1v) is 7.46. The van der Waals surface area contributed by atoms with Crippen molar-refractivity contribution in [1.29, 1.82) is 0 Å². The second-order valence-corrected chi connectivity index (χ2v) is 5.00. The fourth-order valence-corrected chi connectivity index (χ4v) is 1.94. The molecule has 0 aliphatic carbocycles. The summed E-state index contributed by atoms with van der Waals surface area (Å²) >= 11 is 3.34. The van der Waals surface area contributed by atoms with E-state index in [4.69, 9.17) is 6.42 Å². The number of guanidine groups is 1. The third-order valence-electron chi connectivity index (χ3n) is 2.46. The van der Waals surface area contributed by atoms with E-state index in [1.165, 1.54) is 0 Å². The molecule has 3 N–H and O–H groups in total. The molecule has 0 aromatic heterocycles. The quantitative estimate of drug-likeness (QED) is 0.314. The van der Waals surface area contributed by atoms with Crippen molar-refractivity contribution in [2.75, 3.05) is 26.2 Å². The lowest BCUT2D eigenvalue weighted by atomic mass is 10.2. The topological polar surface area (TPSA) is 65.5 Å². The normalized spacial score (nSPS) is 10.6. The molecule has 0 heterocycles. The Balaban J connectivity index is 2.41. The highest BCUT2D eigenvalue weighted by atomic mass is 79.9. The van der Waals surface area contributed by atoms with Crippen LogP contribution in [-0.4, -0.2) is 38.0 Å². The zero-order chi connectivity index (χ0) is 15.5. The van der Waals surface area contributed by atoms with Gasteiger partial charge in [-0.2, -0.15) is 0 Å². The molecule has 0 unspecified atom stereocenters. The summed E-state index contributed by atoms with van der Waals surface area (Å²) in [4.78, 5) is 16.2. The van der Waals surface area contributed by atoms with Gasteiger partial charge in [0.05, 0.1) is 13.1 Å². The molecule has 5 nitrogen and oxygen atoms in total. The van der Waals surface area contributed by atoms with Crippen molar-refractivity contribution in [3.05, 3.63) is 34.3 Å². The van der Waals surface area contributed by atoms with Gasteiger partial charge in [-0.3, -0.25) is 9.79 Å². The maximum absolute atomic E-state index is 11.9. The second-order valence-electron chi connectivity index (χ2n) is 4.08. The smallest absolute Gasteiger partial charge is 0.251 e. The highest BCUT2D eigenvalue weighted by Gasteiger charge is 2.04. The summed E-state index contributed by atoms with van der Waals surface area (Å²) in [7, 11) is 0. The number of halogens is 1. The first-order chi connectivity index (χ1) is 10.2. The molecule has 0 saturated carbocycles. The van der Waals surface area contributed by atoms with Gasteiger partial charge in [-0.25, -0.2) is 0 Å². The Bertz CT molecular complexity index is 537. The lowest BCUT2D eigenvalue weighted by Gasteiger charge is -2.09. The van der Waals surface area contributed by atoms with Crippen molar-refractivity contribution >= 4 is 27.8 Å². The SMILES string of the molecule is C#CCNC(=NCCNC(=O)c1cccc(Br)c1)NCC. The zero-order valence-corrected chi connectivity index (χ0v) is 13.5. The van der Waals surface area contributed by atoms with Crippen LogP contribution in [0.5, 0.6) is 0 Å². The Kier molecular flexibility index (Phi) is 7.99. The average molecular weight is 351 g/mol. The van der Waals surface area contributed by atoms with Gasteiger partial charge in [0.2, 0.25) is 0 Å². The fourth-order valence-electron chi connectivity index (χ4n) is 1.55. The molecule has 0 bridgehead atoms. The summed E-state index contributed by atoms with van der Waals surface area (Å²) in [5.74, 6) is 3.01. The highest BCUT2D eigenvalue weighted by Crippen LogP contribution is 2.11. The van der Waals surface area contributed by atoms with Crippen LogP contribution in [0.2, 0.25) is 0 Å². The van der Waals surface area contributed by atoms with Gasteiger partial charge in [0, 0.05) is 23.1 Å². The Morgan fingerprint density at radius 3 is 2.86 bits per heavy atom. The molecule has 0 aliphatic rings. The molecule has 0 atom stereocenters. The first kappa shape index (κ1) is 17.1. The van der Waals surface area contributed by atoms with Crippen LogP contribution in [-0.2, 0) is 0 Å². The van der Waals surface area contributed by atoms with Gasteiger partial charge in [-0.15, -0.1) is 6.42 Å². The van der Waals surface area contributed by atoms with Gasteiger partial charge in [0.25, 0.3) is 5.91 Å². The van der Waals surface area contributed by atoms with E-state index in [1.807, 2.05) is 19.1 Å². The minimum atomic E-state index is -0.118. The van der Waals surface area contributed by atoms with Crippen molar-refractivity contribution in [2.24, 2.45) is 4.99 Å². The number of nitrogens with one attached hydrogen (secondary N) is 3. The van der Waals surface area contributed by atoms with Crippen molar-refractivity contribution in [2.45, 2.75) is 6.92 Å². The van der Waals surface area contributed by atoms with Crippen LogP contribution in [0.4, 0.5) is 0 Å². The van der Waals surface area contributed by atoms with Crippen LogP contribution in [0.1, 0.15) is 17.3 Å². The van der Waals surface area contributed by atoms with Crippen molar-refractivity contribution in [3.8, 4) is 12.3 Å². The third-order valence-corrected chi connectivity index (χ3v) is 2.95. The zero-order valence-electron chi connectivity index (χ0n) is 11.9. The van der Waals surface area contributed by atoms with Gasteiger partial charge in [-0.05, 0) is 25.1 Å². The molecule has 0 spiro atoms. The molecule has 21 heavy (non-hydrogen) atoms. The number of rotatable bonds is 6. The van der Waals surface area contributed by atoms with E-state index in [2.05, 4.69) is 42.8 Å². The van der Waals surface area contributed by atoms with Crippen LogP contribution in [0.25, 0.3) is 0 Å². The second kappa shape index (κ2) is 9.83. The summed E-state index contributed by atoms with van der Waals surface area (Å²) in [6.45, 7) is 4.07. The largest absolute Gasteiger partial charge is 0.357 e. The Hall–Kier alpha value is -2.00. The summed E-state index contributed by atoms with van der Waals surface area (Å²) in [5.41, 5.74) is 0.616. The van der Waals surface area contributed by atoms with Crippen molar-refractivity contribution in [1.82, 2.24) is 16.0 Å². The highest BCUT2D eigenvalue weighted by molar-refractivity contribution is 9.10. The predicted octanol–water partition coefficient (Wildman–Crippen LogP) is 1.37. The van der Waals surface area contributed by atoms with E-state index < -0.39 is 0 Å². The van der Waals surface area contributed by atoms with Gasteiger partial charge in [0.1, 0.15) is 0 Å². The number of nitrogens with zero attached hydrogens (tertiary/aromatic N) is 1. The molecule has 1 rings (SSSR count). The van der Waals surface area contributed by atoms with Crippen LogP contribution in [0, 0.1) is 12.3 Å². The third kappa shape index (κ3) is 6.82. The molecule has 0 saturated heterocycles. The Morgan fingerprint density at radius 1 is 1.38 bits per heavy atom. The number of aliphatic imine (C=N–C) groups is 1. The maximum Gasteiger partial charge on any atom is 0.251 e. The van der Waals surface area contributed by atoms with Crippen LogP contribution in [0.15, 0.2) is 33.7 Å². The van der Waals surface area contributed by atoms with E-state index in [0.717, 1.165) is 11.0 Å². The fraction of sp³-hybridized carbons (Fsp3) is 0.333. The van der Waals surface area contributed by atoms with Gasteiger partial charge in [0.15, 0.2) is 5.96 Å². The van der Waals surface area contributed by atoms with E-state index in [9.17, 15) is 4.79 Å². The summed E-state index contributed by atoms with van der Waals surface area (Å²) < 4.78 is 0.876. The molecule has 1 aromatic carbocycles. The molecule has 0 aliphatic heterocycles. The van der Waals surface area contributed by atoms with Crippen molar-refractivity contribution in [3.63, 3.8) is 0 Å². The van der Waals surface area contributed by atoms with Crippen LogP contribution < -0.4 is 16.0 Å². The van der Waals surface area contributed by atoms with Gasteiger partial charge in [-0.1, -0.05) is 27.9 Å². The summed E-state index contributed by atoms with van der Waals surface area (Å²) in [5, 5.41) is 8.87. The Morgan fingerprint density at radius 2 is 2.19 bits per heavy atom. The number of carbonyl (C=O) groups is 1. The average Bonchev–Trinajstić information content (AvgIpc) is 2.48. The molecule has 0 radical (unpaired) electrons. The molecule has 112 valence electrons. The predicted molar refractivity (Wildman–Crippen MR) is 89.3 cm³/mol. The minimum Gasteiger partial charge on any atom is -0.357 e. The van der Waals surface area contributed by atoms with Crippen LogP contribution >= 0.6 is 15.9 Å². The lowest BCUT2D eigenvalue weighted by molar-refractivity contribution is 0.0954. The van der Waals surface area contributed by atoms with E-state index in [-0.39, 0.29) is 5.91 Å². The first-order valence-electron chi connectivity index (χ1n) is 6.66. The number of hydrogen-bond donors (Lipinski definition) is 3. The minimum absolute atomic E-state index is 0.118. The van der Waals surface area contributed by atoms with Gasteiger partial charge < -0.3 is 16.0 Å². The van der Waals surface area contributed by atoms with E-state index in [0.29, 0.717) is 31.2 Å². The maximum atomic E-state index is 11.9. The standard InChI is InChI=1S/C15H19BrN4O/c1-3-8-19-15(17-4-2)20-10-9-18-14(21)12-6-5-7-13(16)11-12/h1,5-7,11H,4,8-10H2,2H3,(H,18,21)(H2,17,19,20). The van der Waals surface area contributed by atoms with Crippen LogP contribution in [0.3, 0.4) is 0 Å². The number of amides is 1. The van der Waals surface area contributed by atoms with Crippen molar-refractivity contribution < 1.29 is 4.79 Å². The van der Waals surface area contributed by atoms with E-state index in [1.54, 1.807) is 12.1 Å². The number of carbonyl (C=O) groups excluding carboxylic acids is 1. The molecular formula is C15H19BrN4O. The number of terminal acetylenes is 1.